The van der Waals surface area contributed by atoms with Crippen molar-refractivity contribution in [3.8, 4) is 0 Å². The molecule has 0 aromatic heterocycles. The summed E-state index contributed by atoms with van der Waals surface area (Å²) in [6, 6.07) is 1.09. The molecule has 0 amide bonds. The van der Waals surface area contributed by atoms with E-state index in [1.807, 2.05) is 0 Å². The van der Waals surface area contributed by atoms with Crippen molar-refractivity contribution >= 4 is 29.9 Å². The first-order valence-corrected chi connectivity index (χ1v) is 9.00. The summed E-state index contributed by atoms with van der Waals surface area (Å²) in [6.45, 7) is 13.8. The maximum absolute atomic E-state index is 5.78. The molecule has 0 aliphatic carbocycles. The van der Waals surface area contributed by atoms with Gasteiger partial charge in [0, 0.05) is 38.3 Å². The molecule has 0 saturated carbocycles. The topological polar surface area (TPSA) is 48.9 Å². The lowest BCUT2D eigenvalue weighted by Crippen LogP contribution is -2.47. The second-order valence-corrected chi connectivity index (χ2v) is 6.98. The highest BCUT2D eigenvalue weighted by Crippen LogP contribution is 2.18. The SMILES string of the molecule is CCNC(=NCC1CCCCO1)NC1CN(C(C)C)CC1C.I. The molecular formula is C17H35IN4O. The summed E-state index contributed by atoms with van der Waals surface area (Å²) in [6.07, 6.45) is 3.91. The van der Waals surface area contributed by atoms with Gasteiger partial charge in [-0.3, -0.25) is 9.89 Å². The first-order chi connectivity index (χ1) is 10.6. The van der Waals surface area contributed by atoms with Gasteiger partial charge in [0.1, 0.15) is 0 Å². The predicted molar refractivity (Wildman–Crippen MR) is 108 cm³/mol. The number of hydrogen-bond acceptors (Lipinski definition) is 3. The van der Waals surface area contributed by atoms with Crippen LogP contribution in [0.1, 0.15) is 47.0 Å². The summed E-state index contributed by atoms with van der Waals surface area (Å²) >= 11 is 0. The largest absolute Gasteiger partial charge is 0.376 e. The average molecular weight is 438 g/mol. The maximum Gasteiger partial charge on any atom is 0.191 e. The average Bonchev–Trinajstić information content (AvgIpc) is 2.87. The molecule has 23 heavy (non-hydrogen) atoms. The van der Waals surface area contributed by atoms with Crippen molar-refractivity contribution in [1.29, 1.82) is 0 Å². The molecule has 0 bridgehead atoms. The Hall–Kier alpha value is -0.0800. The molecule has 0 aromatic rings. The van der Waals surface area contributed by atoms with Gasteiger partial charge in [0.05, 0.1) is 12.6 Å². The summed E-state index contributed by atoms with van der Waals surface area (Å²) in [5.74, 6) is 1.59. The van der Waals surface area contributed by atoms with Crippen LogP contribution in [0, 0.1) is 5.92 Å². The zero-order chi connectivity index (χ0) is 15.9. The van der Waals surface area contributed by atoms with E-state index in [1.54, 1.807) is 0 Å². The molecule has 0 radical (unpaired) electrons. The summed E-state index contributed by atoms with van der Waals surface area (Å²) in [5.41, 5.74) is 0. The normalized spacial score (nSPS) is 29.4. The lowest BCUT2D eigenvalue weighted by molar-refractivity contribution is 0.0224. The molecule has 0 spiro atoms. The Bertz CT molecular complexity index is 359. The van der Waals surface area contributed by atoms with Gasteiger partial charge in [-0.1, -0.05) is 6.92 Å². The number of halogens is 1. The van der Waals surface area contributed by atoms with Crippen molar-refractivity contribution in [2.75, 3.05) is 32.8 Å². The second kappa shape index (κ2) is 10.7. The summed E-state index contributed by atoms with van der Waals surface area (Å²) < 4.78 is 5.78. The standard InChI is InChI=1S/C17H34N4O.HI/c1-5-18-17(19-10-15-8-6-7-9-22-15)20-16-12-21(13(2)3)11-14(16)4;/h13-16H,5-12H2,1-4H3,(H2,18,19,20);1H. The van der Waals surface area contributed by atoms with Gasteiger partial charge in [0.15, 0.2) is 5.96 Å². The fraction of sp³-hybridized carbons (Fsp3) is 0.941. The van der Waals surface area contributed by atoms with Crippen LogP contribution < -0.4 is 10.6 Å². The van der Waals surface area contributed by atoms with Crippen LogP contribution in [-0.2, 0) is 4.74 Å². The highest BCUT2D eigenvalue weighted by Gasteiger charge is 2.31. The summed E-state index contributed by atoms with van der Waals surface area (Å²) in [7, 11) is 0. The molecule has 3 unspecified atom stereocenters. The number of rotatable bonds is 5. The number of guanidine groups is 1. The van der Waals surface area contributed by atoms with Gasteiger partial charge < -0.3 is 15.4 Å². The van der Waals surface area contributed by atoms with E-state index in [1.165, 1.54) is 19.4 Å². The smallest absolute Gasteiger partial charge is 0.191 e. The third kappa shape index (κ3) is 6.74. The van der Waals surface area contributed by atoms with Gasteiger partial charge in [-0.05, 0) is 46.0 Å². The first-order valence-electron chi connectivity index (χ1n) is 9.00. The van der Waals surface area contributed by atoms with E-state index in [4.69, 9.17) is 9.73 Å². The molecule has 2 aliphatic rings. The Labute approximate surface area is 159 Å². The maximum atomic E-state index is 5.78. The van der Waals surface area contributed by atoms with Crippen molar-refractivity contribution in [2.45, 2.75) is 65.1 Å². The van der Waals surface area contributed by atoms with E-state index in [0.717, 1.165) is 38.6 Å². The van der Waals surface area contributed by atoms with Gasteiger partial charge >= 0.3 is 0 Å². The number of ether oxygens (including phenoxy) is 1. The van der Waals surface area contributed by atoms with Gasteiger partial charge in [-0.15, -0.1) is 24.0 Å². The van der Waals surface area contributed by atoms with Crippen molar-refractivity contribution in [3.63, 3.8) is 0 Å². The number of likely N-dealkylation sites (tertiary alicyclic amines) is 1. The minimum atomic E-state index is 0. The van der Waals surface area contributed by atoms with E-state index in [-0.39, 0.29) is 24.0 Å². The van der Waals surface area contributed by atoms with Gasteiger partial charge in [-0.2, -0.15) is 0 Å². The highest BCUT2D eigenvalue weighted by molar-refractivity contribution is 14.0. The fourth-order valence-electron chi connectivity index (χ4n) is 3.25. The molecule has 0 aromatic carbocycles. The zero-order valence-corrected chi connectivity index (χ0v) is 17.5. The monoisotopic (exact) mass is 438 g/mol. The Morgan fingerprint density at radius 3 is 2.65 bits per heavy atom. The molecule has 6 heteroatoms. The molecule has 2 saturated heterocycles. The number of nitrogens with zero attached hydrogens (tertiary/aromatic N) is 2. The lowest BCUT2D eigenvalue weighted by Gasteiger charge is -2.23. The van der Waals surface area contributed by atoms with Crippen molar-refractivity contribution in [3.05, 3.63) is 0 Å². The molecule has 5 nitrogen and oxygen atoms in total. The van der Waals surface area contributed by atoms with E-state index < -0.39 is 0 Å². The minimum absolute atomic E-state index is 0. The molecule has 2 rings (SSSR count). The first kappa shape index (κ1) is 21.0. The van der Waals surface area contributed by atoms with Crippen molar-refractivity contribution in [1.82, 2.24) is 15.5 Å². The fourth-order valence-corrected chi connectivity index (χ4v) is 3.25. The number of nitrogens with one attached hydrogen (secondary N) is 2. The van der Waals surface area contributed by atoms with Crippen LogP contribution in [0.3, 0.4) is 0 Å². The molecular weight excluding hydrogens is 403 g/mol. The van der Waals surface area contributed by atoms with Gasteiger partial charge in [-0.25, -0.2) is 0 Å². The Morgan fingerprint density at radius 1 is 1.30 bits per heavy atom. The van der Waals surface area contributed by atoms with Crippen LogP contribution in [0.4, 0.5) is 0 Å². The van der Waals surface area contributed by atoms with Crippen molar-refractivity contribution in [2.24, 2.45) is 10.9 Å². The van der Waals surface area contributed by atoms with Crippen molar-refractivity contribution < 1.29 is 4.74 Å². The van der Waals surface area contributed by atoms with Crippen LogP contribution in [0.25, 0.3) is 0 Å². The molecule has 136 valence electrons. The highest BCUT2D eigenvalue weighted by atomic mass is 127. The number of aliphatic imine (C=N–C) groups is 1. The van der Waals surface area contributed by atoms with Crippen LogP contribution >= 0.6 is 24.0 Å². The Kier molecular flexibility index (Phi) is 9.77. The predicted octanol–water partition coefficient (Wildman–Crippen LogP) is 2.46. The number of hydrogen-bond donors (Lipinski definition) is 2. The second-order valence-electron chi connectivity index (χ2n) is 6.98. The van der Waals surface area contributed by atoms with Crippen LogP contribution in [0.15, 0.2) is 4.99 Å². The van der Waals surface area contributed by atoms with E-state index in [0.29, 0.717) is 24.1 Å². The minimum Gasteiger partial charge on any atom is -0.376 e. The van der Waals surface area contributed by atoms with Gasteiger partial charge in [0.2, 0.25) is 0 Å². The summed E-state index contributed by atoms with van der Waals surface area (Å²) in [5, 5.41) is 7.01. The van der Waals surface area contributed by atoms with Crippen LogP contribution in [0.2, 0.25) is 0 Å². The quantitative estimate of drug-likeness (QED) is 0.394. The Morgan fingerprint density at radius 2 is 2.09 bits per heavy atom. The molecule has 2 aliphatic heterocycles. The third-order valence-corrected chi connectivity index (χ3v) is 4.76. The van der Waals surface area contributed by atoms with Crippen LogP contribution in [0.5, 0.6) is 0 Å². The summed E-state index contributed by atoms with van der Waals surface area (Å²) in [4.78, 5) is 7.29. The third-order valence-electron chi connectivity index (χ3n) is 4.76. The lowest BCUT2D eigenvalue weighted by atomic mass is 10.1. The Balaban J connectivity index is 0.00000264. The van der Waals surface area contributed by atoms with Gasteiger partial charge in [0.25, 0.3) is 0 Å². The van der Waals surface area contributed by atoms with E-state index >= 15 is 0 Å². The molecule has 2 fully saturated rings. The molecule has 2 N–H and O–H groups in total. The van der Waals surface area contributed by atoms with Crippen LogP contribution in [-0.4, -0.2) is 61.8 Å². The molecule has 3 atom stereocenters. The van der Waals surface area contributed by atoms with E-state index in [9.17, 15) is 0 Å². The van der Waals surface area contributed by atoms with E-state index in [2.05, 4.69) is 43.2 Å². The zero-order valence-electron chi connectivity index (χ0n) is 15.2. The molecule has 2 heterocycles.